The lowest BCUT2D eigenvalue weighted by Crippen LogP contribution is -2.34. The smallest absolute Gasteiger partial charge is 0.320 e. The fraction of sp³-hybridized carbons (Fsp3) is 0.467. The molecule has 1 aromatic rings. The molecule has 0 amide bonds. The van der Waals surface area contributed by atoms with Gasteiger partial charge in [0.25, 0.3) is 0 Å². The Kier molecular flexibility index (Phi) is 5.27. The first kappa shape index (κ1) is 16.2. The Morgan fingerprint density at radius 3 is 2.25 bits per heavy atom. The first-order chi connectivity index (χ1) is 9.20. The third kappa shape index (κ3) is 5.01. The Labute approximate surface area is 118 Å². The van der Waals surface area contributed by atoms with Gasteiger partial charge in [-0.1, -0.05) is 30.3 Å². The Bertz CT molecular complexity index is 465. The van der Waals surface area contributed by atoms with E-state index in [1.807, 2.05) is 18.2 Å². The number of carbonyl (C=O) groups is 2. The van der Waals surface area contributed by atoms with Crippen LogP contribution in [0.3, 0.4) is 0 Å². The van der Waals surface area contributed by atoms with Gasteiger partial charge >= 0.3 is 11.9 Å². The molecule has 20 heavy (non-hydrogen) atoms. The summed E-state index contributed by atoms with van der Waals surface area (Å²) in [6.45, 7) is 5.09. The highest BCUT2D eigenvalue weighted by atomic mass is 16.6. The van der Waals surface area contributed by atoms with Crippen molar-refractivity contribution in [2.24, 2.45) is 11.7 Å². The number of aliphatic carboxylic acids is 1. The van der Waals surface area contributed by atoms with Crippen LogP contribution in [0.2, 0.25) is 0 Å². The van der Waals surface area contributed by atoms with E-state index < -0.39 is 29.5 Å². The molecule has 0 saturated heterocycles. The van der Waals surface area contributed by atoms with Gasteiger partial charge in [0.05, 0.1) is 0 Å². The second-order valence-electron chi connectivity index (χ2n) is 5.68. The van der Waals surface area contributed by atoms with Crippen LogP contribution in [0.15, 0.2) is 30.3 Å². The van der Waals surface area contributed by atoms with Gasteiger partial charge in [-0.3, -0.25) is 9.59 Å². The van der Waals surface area contributed by atoms with Crippen LogP contribution in [-0.2, 0) is 14.3 Å². The van der Waals surface area contributed by atoms with E-state index in [1.165, 1.54) is 0 Å². The average Bonchev–Trinajstić information content (AvgIpc) is 2.34. The van der Waals surface area contributed by atoms with Crippen molar-refractivity contribution in [3.05, 3.63) is 35.9 Å². The summed E-state index contributed by atoms with van der Waals surface area (Å²) in [5, 5.41) is 9.18. The van der Waals surface area contributed by atoms with E-state index in [1.54, 1.807) is 32.9 Å². The van der Waals surface area contributed by atoms with Crippen molar-refractivity contribution in [1.29, 1.82) is 0 Å². The van der Waals surface area contributed by atoms with E-state index in [9.17, 15) is 14.7 Å². The number of carboxylic acid groups (broad SMARTS) is 1. The summed E-state index contributed by atoms with van der Waals surface area (Å²) in [4.78, 5) is 23.1. The van der Waals surface area contributed by atoms with Gasteiger partial charge in [-0.05, 0) is 32.8 Å². The Balaban J connectivity index is 2.78. The van der Waals surface area contributed by atoms with E-state index in [2.05, 4.69) is 0 Å². The number of ether oxygens (including phenoxy) is 1. The third-order valence-electron chi connectivity index (χ3n) is 2.71. The number of rotatable bonds is 5. The van der Waals surface area contributed by atoms with Crippen LogP contribution < -0.4 is 5.73 Å². The lowest BCUT2D eigenvalue weighted by atomic mass is 9.95. The predicted octanol–water partition coefficient (Wildman–Crippen LogP) is 2.12. The van der Waals surface area contributed by atoms with Crippen LogP contribution in [0.4, 0.5) is 0 Å². The molecule has 0 aliphatic carbocycles. The summed E-state index contributed by atoms with van der Waals surface area (Å²) in [6, 6.07) is 8.57. The maximum absolute atomic E-state index is 11.9. The minimum Gasteiger partial charge on any atom is -0.481 e. The summed E-state index contributed by atoms with van der Waals surface area (Å²) in [6.07, 6.45) is 0.00819. The number of nitrogens with two attached hydrogens (primary N) is 1. The molecule has 0 spiro atoms. The number of carbonyl (C=O) groups excluding carboxylic acids is 1. The van der Waals surface area contributed by atoms with Crippen molar-refractivity contribution in [2.45, 2.75) is 38.8 Å². The molecular formula is C15H21NO4. The minimum absolute atomic E-state index is 0.00819. The molecule has 0 bridgehead atoms. The Hall–Kier alpha value is -1.88. The largest absolute Gasteiger partial charge is 0.481 e. The highest BCUT2D eigenvalue weighted by Crippen LogP contribution is 2.22. The molecule has 2 atom stereocenters. The lowest BCUT2D eigenvalue weighted by molar-refractivity contribution is -0.167. The van der Waals surface area contributed by atoms with Gasteiger partial charge in [-0.2, -0.15) is 0 Å². The van der Waals surface area contributed by atoms with Gasteiger partial charge in [0, 0.05) is 6.04 Å². The standard InChI is InChI=1S/C15H21NO4/c1-15(2,3)20-14(19)11(13(17)18)9-12(16)10-7-5-4-6-8-10/h4-8,11-12H,9,16H2,1-3H3,(H,17,18). The highest BCUT2D eigenvalue weighted by molar-refractivity contribution is 5.94. The maximum Gasteiger partial charge on any atom is 0.320 e. The van der Waals surface area contributed by atoms with Gasteiger partial charge in [0.15, 0.2) is 5.92 Å². The summed E-state index contributed by atoms with van der Waals surface area (Å²) in [5.74, 6) is -3.23. The normalized spacial score (nSPS) is 14.4. The molecule has 5 heteroatoms. The zero-order chi connectivity index (χ0) is 15.3. The fourth-order valence-electron chi connectivity index (χ4n) is 1.76. The van der Waals surface area contributed by atoms with Crippen LogP contribution in [0, 0.1) is 5.92 Å². The molecule has 0 heterocycles. The number of esters is 1. The fourth-order valence-corrected chi connectivity index (χ4v) is 1.76. The van der Waals surface area contributed by atoms with Crippen molar-refractivity contribution in [3.8, 4) is 0 Å². The highest BCUT2D eigenvalue weighted by Gasteiger charge is 2.32. The zero-order valence-corrected chi connectivity index (χ0v) is 12.0. The zero-order valence-electron chi connectivity index (χ0n) is 12.0. The number of carboxylic acids is 1. The summed E-state index contributed by atoms with van der Waals surface area (Å²) in [7, 11) is 0. The molecule has 3 N–H and O–H groups in total. The van der Waals surface area contributed by atoms with Crippen LogP contribution in [-0.4, -0.2) is 22.6 Å². The predicted molar refractivity (Wildman–Crippen MR) is 75.0 cm³/mol. The SMILES string of the molecule is CC(C)(C)OC(=O)C(CC(N)c1ccccc1)C(=O)O. The summed E-state index contributed by atoms with van der Waals surface area (Å²) < 4.78 is 5.12. The monoisotopic (exact) mass is 279 g/mol. The molecule has 0 aromatic heterocycles. The molecule has 5 nitrogen and oxygen atoms in total. The number of hydrogen-bond acceptors (Lipinski definition) is 4. The van der Waals surface area contributed by atoms with Crippen LogP contribution in [0.25, 0.3) is 0 Å². The van der Waals surface area contributed by atoms with Crippen molar-refractivity contribution in [1.82, 2.24) is 0 Å². The molecule has 0 aliphatic heterocycles. The minimum atomic E-state index is -1.26. The van der Waals surface area contributed by atoms with E-state index in [4.69, 9.17) is 10.5 Å². The van der Waals surface area contributed by atoms with Crippen molar-refractivity contribution in [2.75, 3.05) is 0 Å². The Morgan fingerprint density at radius 2 is 1.80 bits per heavy atom. The first-order valence-electron chi connectivity index (χ1n) is 6.47. The molecular weight excluding hydrogens is 258 g/mol. The lowest BCUT2D eigenvalue weighted by Gasteiger charge is -2.23. The van der Waals surface area contributed by atoms with Crippen molar-refractivity contribution < 1.29 is 19.4 Å². The number of hydrogen-bond donors (Lipinski definition) is 2. The summed E-state index contributed by atoms with van der Waals surface area (Å²) in [5.41, 5.74) is 6.04. The first-order valence-corrected chi connectivity index (χ1v) is 6.47. The third-order valence-corrected chi connectivity index (χ3v) is 2.71. The molecule has 0 saturated carbocycles. The second-order valence-corrected chi connectivity index (χ2v) is 5.68. The molecule has 0 radical (unpaired) electrons. The van der Waals surface area contributed by atoms with Gasteiger partial charge in [0.1, 0.15) is 5.60 Å². The van der Waals surface area contributed by atoms with Gasteiger partial charge in [-0.25, -0.2) is 0 Å². The maximum atomic E-state index is 11.9. The topological polar surface area (TPSA) is 89.6 Å². The second kappa shape index (κ2) is 6.52. The Morgan fingerprint density at radius 1 is 1.25 bits per heavy atom. The van der Waals surface area contributed by atoms with Crippen molar-refractivity contribution in [3.63, 3.8) is 0 Å². The molecule has 2 unspecified atom stereocenters. The molecule has 1 rings (SSSR count). The van der Waals surface area contributed by atoms with Gasteiger partial charge < -0.3 is 15.6 Å². The van der Waals surface area contributed by atoms with Crippen LogP contribution in [0.1, 0.15) is 38.8 Å². The molecule has 0 aliphatic rings. The number of benzene rings is 1. The van der Waals surface area contributed by atoms with Gasteiger partial charge in [0.2, 0.25) is 0 Å². The van der Waals surface area contributed by atoms with Crippen LogP contribution in [0.5, 0.6) is 0 Å². The molecule has 0 fully saturated rings. The van der Waals surface area contributed by atoms with Crippen LogP contribution >= 0.6 is 0 Å². The van der Waals surface area contributed by atoms with Gasteiger partial charge in [-0.15, -0.1) is 0 Å². The van der Waals surface area contributed by atoms with E-state index in [-0.39, 0.29) is 6.42 Å². The van der Waals surface area contributed by atoms with E-state index >= 15 is 0 Å². The molecule has 110 valence electrons. The van der Waals surface area contributed by atoms with E-state index in [0.29, 0.717) is 0 Å². The van der Waals surface area contributed by atoms with E-state index in [0.717, 1.165) is 5.56 Å². The average molecular weight is 279 g/mol. The van der Waals surface area contributed by atoms with Crippen molar-refractivity contribution >= 4 is 11.9 Å². The molecule has 1 aromatic carbocycles. The quantitative estimate of drug-likeness (QED) is 0.636. The summed E-state index contributed by atoms with van der Waals surface area (Å²) >= 11 is 0.